The Morgan fingerprint density at radius 1 is 1.35 bits per heavy atom. The molecule has 0 saturated carbocycles. The molecule has 0 aliphatic heterocycles. The molecule has 0 bridgehead atoms. The average Bonchev–Trinajstić information content (AvgIpc) is 2.33. The molecule has 0 aliphatic rings. The van der Waals surface area contributed by atoms with Crippen LogP contribution in [0, 0.1) is 17.0 Å². The van der Waals surface area contributed by atoms with Gasteiger partial charge in [0.15, 0.2) is 0 Å². The topological polar surface area (TPSA) is 81.0 Å². The summed E-state index contributed by atoms with van der Waals surface area (Å²) in [5, 5.41) is 14.2. The predicted octanol–water partition coefficient (Wildman–Crippen LogP) is 4.12. The minimum atomic E-state index is -0.474. The summed E-state index contributed by atoms with van der Waals surface area (Å²) in [5.41, 5.74) is 0.172. The Bertz CT molecular complexity index is 468. The van der Waals surface area contributed by atoms with Gasteiger partial charge in [0.2, 0.25) is 11.1 Å². The van der Waals surface area contributed by atoms with Crippen LogP contribution < -0.4 is 5.32 Å². The number of hydrogen-bond donors (Lipinski definition) is 1. The number of aryl methyl sites for hydroxylation is 1. The number of halogens is 1. The predicted molar refractivity (Wildman–Crippen MR) is 80.3 cm³/mol. The first-order chi connectivity index (χ1) is 9.45. The Labute approximate surface area is 124 Å². The molecule has 112 valence electrons. The lowest BCUT2D eigenvalue weighted by Gasteiger charge is -2.14. The minimum Gasteiger partial charge on any atom is -0.362 e. The third-order valence-electron chi connectivity index (χ3n) is 3.09. The van der Waals surface area contributed by atoms with E-state index in [-0.39, 0.29) is 28.5 Å². The molecule has 20 heavy (non-hydrogen) atoms. The van der Waals surface area contributed by atoms with Gasteiger partial charge in [-0.25, -0.2) is 4.98 Å². The van der Waals surface area contributed by atoms with Gasteiger partial charge < -0.3 is 5.32 Å². The van der Waals surface area contributed by atoms with Crippen LogP contribution in [0.1, 0.15) is 51.6 Å². The lowest BCUT2D eigenvalue weighted by molar-refractivity contribution is -0.385. The zero-order valence-corrected chi connectivity index (χ0v) is 12.9. The monoisotopic (exact) mass is 300 g/mol. The van der Waals surface area contributed by atoms with Gasteiger partial charge in [0, 0.05) is 6.04 Å². The minimum absolute atomic E-state index is 0.0220. The Morgan fingerprint density at radius 3 is 2.65 bits per heavy atom. The van der Waals surface area contributed by atoms with Gasteiger partial charge in [0.05, 0.1) is 4.92 Å². The SMILES string of the molecule is CCCCCCC(C)Nc1nc(Cl)nc(C)c1[N+](=O)[O-]. The van der Waals surface area contributed by atoms with Crippen molar-refractivity contribution < 1.29 is 4.92 Å². The second kappa shape index (κ2) is 7.99. The number of nitro groups is 1. The Kier molecular flexibility index (Phi) is 6.64. The second-order valence-corrected chi connectivity index (χ2v) is 5.27. The van der Waals surface area contributed by atoms with Gasteiger partial charge in [0.1, 0.15) is 5.69 Å². The van der Waals surface area contributed by atoms with Gasteiger partial charge in [-0.1, -0.05) is 32.6 Å². The van der Waals surface area contributed by atoms with E-state index in [0.717, 1.165) is 12.8 Å². The van der Waals surface area contributed by atoms with Gasteiger partial charge in [-0.3, -0.25) is 10.1 Å². The first-order valence-corrected chi connectivity index (χ1v) is 7.28. The number of anilines is 1. The number of aromatic nitrogens is 2. The van der Waals surface area contributed by atoms with Gasteiger partial charge in [-0.2, -0.15) is 4.98 Å². The first-order valence-electron chi connectivity index (χ1n) is 6.90. The van der Waals surface area contributed by atoms with Crippen LogP contribution in [0.4, 0.5) is 11.5 Å². The molecule has 6 nitrogen and oxygen atoms in total. The van der Waals surface area contributed by atoms with E-state index in [1.807, 2.05) is 6.92 Å². The molecule has 1 rings (SSSR count). The summed E-state index contributed by atoms with van der Waals surface area (Å²) in [6.07, 6.45) is 5.61. The van der Waals surface area contributed by atoms with Crippen molar-refractivity contribution in [2.24, 2.45) is 0 Å². The van der Waals surface area contributed by atoms with Crippen LogP contribution in [-0.2, 0) is 0 Å². The highest BCUT2D eigenvalue weighted by Gasteiger charge is 2.22. The van der Waals surface area contributed by atoms with Crippen LogP contribution in [-0.4, -0.2) is 20.9 Å². The highest BCUT2D eigenvalue weighted by molar-refractivity contribution is 6.28. The van der Waals surface area contributed by atoms with Crippen molar-refractivity contribution in [3.05, 3.63) is 21.1 Å². The van der Waals surface area contributed by atoms with Crippen molar-refractivity contribution in [3.8, 4) is 0 Å². The molecule has 0 spiro atoms. The fourth-order valence-electron chi connectivity index (χ4n) is 2.03. The van der Waals surface area contributed by atoms with E-state index in [9.17, 15) is 10.1 Å². The van der Waals surface area contributed by atoms with E-state index in [1.54, 1.807) is 6.92 Å². The summed E-state index contributed by atoms with van der Waals surface area (Å²) >= 11 is 5.77. The maximum Gasteiger partial charge on any atom is 0.332 e. The summed E-state index contributed by atoms with van der Waals surface area (Å²) in [6.45, 7) is 5.71. The Balaban J connectivity index is 2.73. The number of nitrogens with zero attached hydrogens (tertiary/aromatic N) is 3. The molecular weight excluding hydrogens is 280 g/mol. The smallest absolute Gasteiger partial charge is 0.332 e. The molecule has 1 atom stereocenters. The third kappa shape index (κ3) is 4.92. The van der Waals surface area contributed by atoms with Crippen molar-refractivity contribution >= 4 is 23.1 Å². The quantitative estimate of drug-likeness (QED) is 0.338. The molecule has 1 aromatic rings. The highest BCUT2D eigenvalue weighted by atomic mass is 35.5. The van der Waals surface area contributed by atoms with Crippen molar-refractivity contribution in [2.45, 2.75) is 58.9 Å². The van der Waals surface area contributed by atoms with Crippen molar-refractivity contribution in [1.29, 1.82) is 0 Å². The van der Waals surface area contributed by atoms with Crippen molar-refractivity contribution in [3.63, 3.8) is 0 Å². The van der Waals surface area contributed by atoms with Crippen LogP contribution in [0.3, 0.4) is 0 Å². The molecule has 0 radical (unpaired) electrons. The summed E-state index contributed by atoms with van der Waals surface area (Å²) in [6, 6.07) is 0.107. The van der Waals surface area contributed by atoms with E-state index >= 15 is 0 Å². The first kappa shape index (κ1) is 16.6. The number of nitrogens with one attached hydrogen (secondary N) is 1. The summed E-state index contributed by atoms with van der Waals surface area (Å²) in [4.78, 5) is 18.4. The fourth-order valence-corrected chi connectivity index (χ4v) is 2.25. The van der Waals surface area contributed by atoms with Gasteiger partial charge >= 0.3 is 5.69 Å². The molecular formula is C13H21ClN4O2. The maximum absolute atomic E-state index is 11.1. The highest BCUT2D eigenvalue weighted by Crippen LogP contribution is 2.27. The molecule has 1 unspecified atom stereocenters. The van der Waals surface area contributed by atoms with E-state index in [1.165, 1.54) is 19.3 Å². The molecule has 0 aliphatic carbocycles. The van der Waals surface area contributed by atoms with Crippen LogP contribution in [0.25, 0.3) is 0 Å². The summed E-state index contributed by atoms with van der Waals surface area (Å²) in [7, 11) is 0. The molecule has 1 heterocycles. The molecule has 0 saturated heterocycles. The summed E-state index contributed by atoms with van der Waals surface area (Å²) in [5.74, 6) is 0.204. The maximum atomic E-state index is 11.1. The van der Waals surface area contributed by atoms with Crippen LogP contribution in [0.15, 0.2) is 0 Å². The third-order valence-corrected chi connectivity index (χ3v) is 3.26. The molecule has 1 aromatic heterocycles. The zero-order chi connectivity index (χ0) is 15.1. The standard InChI is InChI=1S/C13H21ClN4O2/c1-4-5-6-7-8-9(2)15-12-11(18(19)20)10(3)16-13(14)17-12/h9H,4-8H2,1-3H3,(H,15,16,17). The number of rotatable bonds is 8. The average molecular weight is 301 g/mol. The number of unbranched alkanes of at least 4 members (excludes halogenated alkanes) is 3. The Hall–Kier alpha value is -1.43. The molecule has 0 aromatic carbocycles. The van der Waals surface area contributed by atoms with E-state index < -0.39 is 4.92 Å². The molecule has 0 amide bonds. The Morgan fingerprint density at radius 2 is 2.05 bits per heavy atom. The van der Waals surface area contributed by atoms with Crippen LogP contribution >= 0.6 is 11.6 Å². The van der Waals surface area contributed by atoms with Crippen molar-refractivity contribution in [2.75, 3.05) is 5.32 Å². The van der Waals surface area contributed by atoms with E-state index in [2.05, 4.69) is 22.2 Å². The molecule has 7 heteroatoms. The summed E-state index contributed by atoms with van der Waals surface area (Å²) < 4.78 is 0. The zero-order valence-electron chi connectivity index (χ0n) is 12.1. The van der Waals surface area contributed by atoms with Crippen molar-refractivity contribution in [1.82, 2.24) is 9.97 Å². The van der Waals surface area contributed by atoms with Gasteiger partial charge in [-0.15, -0.1) is 0 Å². The second-order valence-electron chi connectivity index (χ2n) is 4.93. The molecule has 1 N–H and O–H groups in total. The lowest BCUT2D eigenvalue weighted by Crippen LogP contribution is -2.18. The lowest BCUT2D eigenvalue weighted by atomic mass is 10.1. The van der Waals surface area contributed by atoms with Crippen LogP contribution in [0.5, 0.6) is 0 Å². The van der Waals surface area contributed by atoms with Gasteiger partial charge in [0.25, 0.3) is 0 Å². The fraction of sp³-hybridized carbons (Fsp3) is 0.692. The largest absolute Gasteiger partial charge is 0.362 e. The van der Waals surface area contributed by atoms with E-state index in [4.69, 9.17) is 11.6 Å². The van der Waals surface area contributed by atoms with Gasteiger partial charge in [-0.05, 0) is 31.9 Å². The number of hydrogen-bond acceptors (Lipinski definition) is 5. The normalized spacial score (nSPS) is 12.2. The molecule has 0 fully saturated rings. The van der Waals surface area contributed by atoms with E-state index in [0.29, 0.717) is 0 Å². The van der Waals surface area contributed by atoms with Crippen LogP contribution in [0.2, 0.25) is 5.28 Å².